The summed E-state index contributed by atoms with van der Waals surface area (Å²) in [6.45, 7) is 3.97. The Balaban J connectivity index is 1.34. The molecule has 0 saturated carbocycles. The van der Waals surface area contributed by atoms with E-state index in [-0.39, 0.29) is 43.0 Å². The molecule has 0 aromatic heterocycles. The van der Waals surface area contributed by atoms with Crippen molar-refractivity contribution in [3.8, 4) is 5.75 Å². The van der Waals surface area contributed by atoms with Crippen molar-refractivity contribution in [2.75, 3.05) is 31.1 Å². The van der Waals surface area contributed by atoms with E-state index in [0.717, 1.165) is 37.2 Å². The first-order chi connectivity index (χ1) is 16.5. The standard InChI is InChI=1S/C26H32N4O4/c1-2-22(21-12-6-7-13-23(21)34-18-25(32)29-14-8-9-15-29)28-26(33)27-19-16-24(31)30(17-19)20-10-4-3-5-11-20/h3-7,10-13,19,22H,2,8-9,14-18H2,1H3,(H2,27,28,33). The number of ether oxygens (including phenoxy) is 1. The molecule has 0 spiro atoms. The van der Waals surface area contributed by atoms with Crippen LogP contribution in [-0.4, -0.2) is 55.0 Å². The van der Waals surface area contributed by atoms with Gasteiger partial charge < -0.3 is 25.2 Å². The number of benzene rings is 2. The summed E-state index contributed by atoms with van der Waals surface area (Å²) in [5.41, 5.74) is 1.65. The lowest BCUT2D eigenvalue weighted by molar-refractivity contribution is -0.132. The third-order valence-electron chi connectivity index (χ3n) is 6.35. The monoisotopic (exact) mass is 464 g/mol. The van der Waals surface area contributed by atoms with Gasteiger partial charge in [-0.2, -0.15) is 0 Å². The Morgan fingerprint density at radius 1 is 1.06 bits per heavy atom. The molecule has 4 amide bonds. The van der Waals surface area contributed by atoms with Crippen LogP contribution < -0.4 is 20.3 Å². The second kappa shape index (κ2) is 11.0. The highest BCUT2D eigenvalue weighted by Gasteiger charge is 2.32. The van der Waals surface area contributed by atoms with E-state index in [1.54, 1.807) is 4.90 Å². The molecule has 2 aliphatic heterocycles. The molecule has 2 N–H and O–H groups in total. The van der Waals surface area contributed by atoms with Gasteiger partial charge in [-0.3, -0.25) is 9.59 Å². The minimum Gasteiger partial charge on any atom is -0.483 e. The number of hydrogen-bond acceptors (Lipinski definition) is 4. The van der Waals surface area contributed by atoms with Crippen molar-refractivity contribution in [3.05, 3.63) is 60.2 Å². The van der Waals surface area contributed by atoms with Crippen LogP contribution in [0.25, 0.3) is 0 Å². The number of nitrogens with one attached hydrogen (secondary N) is 2. The topological polar surface area (TPSA) is 91.0 Å². The maximum absolute atomic E-state index is 12.8. The molecule has 2 unspecified atom stereocenters. The minimum absolute atomic E-state index is 0.00930. The summed E-state index contributed by atoms with van der Waals surface area (Å²) in [7, 11) is 0. The Bertz CT molecular complexity index is 1010. The number of carbonyl (C=O) groups excluding carboxylic acids is 3. The molecule has 2 saturated heterocycles. The first-order valence-corrected chi connectivity index (χ1v) is 12.0. The smallest absolute Gasteiger partial charge is 0.315 e. The maximum Gasteiger partial charge on any atom is 0.315 e. The zero-order valence-corrected chi connectivity index (χ0v) is 19.5. The molecule has 34 heavy (non-hydrogen) atoms. The van der Waals surface area contributed by atoms with E-state index < -0.39 is 0 Å². The number of para-hydroxylation sites is 2. The van der Waals surface area contributed by atoms with Crippen molar-refractivity contribution in [3.63, 3.8) is 0 Å². The molecule has 2 aliphatic rings. The molecule has 8 heteroatoms. The second-order valence-electron chi connectivity index (χ2n) is 8.73. The van der Waals surface area contributed by atoms with Crippen molar-refractivity contribution >= 4 is 23.5 Å². The van der Waals surface area contributed by atoms with Crippen molar-refractivity contribution in [2.24, 2.45) is 0 Å². The molecular formula is C26H32N4O4. The lowest BCUT2D eigenvalue weighted by Crippen LogP contribution is -2.44. The highest BCUT2D eigenvalue weighted by molar-refractivity contribution is 5.96. The van der Waals surface area contributed by atoms with Gasteiger partial charge in [-0.1, -0.05) is 43.3 Å². The molecule has 0 bridgehead atoms. The summed E-state index contributed by atoms with van der Waals surface area (Å²) in [5, 5.41) is 5.94. The fourth-order valence-corrected chi connectivity index (χ4v) is 4.54. The average molecular weight is 465 g/mol. The van der Waals surface area contributed by atoms with Crippen LogP contribution in [0.1, 0.15) is 44.2 Å². The van der Waals surface area contributed by atoms with Gasteiger partial charge in [-0.15, -0.1) is 0 Å². The van der Waals surface area contributed by atoms with Crippen LogP contribution in [0.5, 0.6) is 5.75 Å². The van der Waals surface area contributed by atoms with Crippen LogP contribution in [0.4, 0.5) is 10.5 Å². The number of nitrogens with zero attached hydrogens (tertiary/aromatic N) is 2. The fourth-order valence-electron chi connectivity index (χ4n) is 4.54. The van der Waals surface area contributed by atoms with Gasteiger partial charge in [-0.05, 0) is 37.5 Å². The zero-order valence-electron chi connectivity index (χ0n) is 19.5. The number of amides is 4. The van der Waals surface area contributed by atoms with E-state index in [1.807, 2.05) is 66.4 Å². The molecule has 2 aromatic rings. The fraction of sp³-hybridized carbons (Fsp3) is 0.423. The average Bonchev–Trinajstić information content (AvgIpc) is 3.52. The third kappa shape index (κ3) is 5.68. The largest absolute Gasteiger partial charge is 0.483 e. The predicted octanol–water partition coefficient (Wildman–Crippen LogP) is 3.24. The lowest BCUT2D eigenvalue weighted by Gasteiger charge is -2.23. The highest BCUT2D eigenvalue weighted by Crippen LogP contribution is 2.28. The van der Waals surface area contributed by atoms with Crippen LogP contribution in [-0.2, 0) is 9.59 Å². The Morgan fingerprint density at radius 2 is 1.76 bits per heavy atom. The van der Waals surface area contributed by atoms with E-state index in [0.29, 0.717) is 18.7 Å². The summed E-state index contributed by atoms with van der Waals surface area (Å²) < 4.78 is 5.87. The molecule has 0 aliphatic carbocycles. The Kier molecular flexibility index (Phi) is 7.67. The normalized spacial score (nSPS) is 18.6. The molecule has 180 valence electrons. The first kappa shape index (κ1) is 23.6. The number of anilines is 1. The van der Waals surface area contributed by atoms with E-state index in [9.17, 15) is 14.4 Å². The summed E-state index contributed by atoms with van der Waals surface area (Å²) in [4.78, 5) is 41.1. The molecule has 8 nitrogen and oxygen atoms in total. The molecule has 0 radical (unpaired) electrons. The predicted molar refractivity (Wildman–Crippen MR) is 130 cm³/mol. The molecule has 2 fully saturated rings. The van der Waals surface area contributed by atoms with Crippen molar-refractivity contribution in [2.45, 2.75) is 44.7 Å². The molecule has 4 rings (SSSR count). The Morgan fingerprint density at radius 3 is 2.50 bits per heavy atom. The van der Waals surface area contributed by atoms with Crippen LogP contribution in [0.2, 0.25) is 0 Å². The molecule has 2 atom stereocenters. The Labute approximate surface area is 200 Å². The summed E-state index contributed by atoms with van der Waals surface area (Å²) in [6.07, 6.45) is 2.98. The van der Waals surface area contributed by atoms with Crippen molar-refractivity contribution < 1.29 is 19.1 Å². The molecule has 2 heterocycles. The van der Waals surface area contributed by atoms with Crippen LogP contribution in [0, 0.1) is 0 Å². The number of rotatable bonds is 8. The first-order valence-electron chi connectivity index (χ1n) is 12.0. The quantitative estimate of drug-likeness (QED) is 0.628. The van der Waals surface area contributed by atoms with E-state index in [1.165, 1.54) is 0 Å². The minimum atomic E-state index is -0.331. The van der Waals surface area contributed by atoms with Crippen LogP contribution in [0.3, 0.4) is 0 Å². The van der Waals surface area contributed by atoms with Gasteiger partial charge in [0.1, 0.15) is 5.75 Å². The lowest BCUT2D eigenvalue weighted by atomic mass is 10.0. The van der Waals surface area contributed by atoms with Crippen molar-refractivity contribution in [1.29, 1.82) is 0 Å². The van der Waals surface area contributed by atoms with Gasteiger partial charge in [0.2, 0.25) is 5.91 Å². The van der Waals surface area contributed by atoms with E-state index >= 15 is 0 Å². The van der Waals surface area contributed by atoms with Gasteiger partial charge in [-0.25, -0.2) is 4.79 Å². The number of carbonyl (C=O) groups is 3. The van der Waals surface area contributed by atoms with Gasteiger partial charge in [0.05, 0.1) is 12.1 Å². The van der Waals surface area contributed by atoms with Crippen LogP contribution in [0.15, 0.2) is 54.6 Å². The van der Waals surface area contributed by atoms with E-state index in [2.05, 4.69) is 10.6 Å². The molecular weight excluding hydrogens is 432 g/mol. The number of likely N-dealkylation sites (tertiary alicyclic amines) is 1. The van der Waals surface area contributed by atoms with Gasteiger partial charge in [0.25, 0.3) is 5.91 Å². The number of urea groups is 1. The maximum atomic E-state index is 12.8. The SMILES string of the molecule is CCC(NC(=O)NC1CC(=O)N(c2ccccc2)C1)c1ccccc1OCC(=O)N1CCCC1. The van der Waals surface area contributed by atoms with Gasteiger partial charge >= 0.3 is 6.03 Å². The second-order valence-corrected chi connectivity index (χ2v) is 8.73. The number of hydrogen-bond donors (Lipinski definition) is 2. The van der Waals surface area contributed by atoms with E-state index in [4.69, 9.17) is 4.74 Å². The highest BCUT2D eigenvalue weighted by atomic mass is 16.5. The molecule has 2 aromatic carbocycles. The summed E-state index contributed by atoms with van der Waals surface area (Å²) in [6, 6.07) is 16.0. The van der Waals surface area contributed by atoms with Gasteiger partial charge in [0.15, 0.2) is 6.61 Å². The van der Waals surface area contributed by atoms with Crippen molar-refractivity contribution in [1.82, 2.24) is 15.5 Å². The summed E-state index contributed by atoms with van der Waals surface area (Å²) >= 11 is 0. The summed E-state index contributed by atoms with van der Waals surface area (Å²) in [5.74, 6) is 0.568. The zero-order chi connectivity index (χ0) is 23.9. The van der Waals surface area contributed by atoms with Crippen LogP contribution >= 0.6 is 0 Å². The Hall–Kier alpha value is -3.55. The third-order valence-corrected chi connectivity index (χ3v) is 6.35. The van der Waals surface area contributed by atoms with Gasteiger partial charge in [0, 0.05) is 37.3 Å².